The molecule has 0 aliphatic carbocycles. The van der Waals surface area contributed by atoms with Crippen molar-refractivity contribution in [2.45, 2.75) is 271 Å². The van der Waals surface area contributed by atoms with E-state index in [1.165, 1.54) is 135 Å². The molecule has 0 spiro atoms. The van der Waals surface area contributed by atoms with Crippen molar-refractivity contribution in [3.8, 4) is 0 Å². The second kappa shape index (κ2) is 55.2. The first-order valence-corrected chi connectivity index (χ1v) is 28.1. The molecule has 0 radical (unpaired) electrons. The Morgan fingerprint density at radius 1 is 0.299 bits per heavy atom. The van der Waals surface area contributed by atoms with E-state index in [-0.39, 0.29) is 37.5 Å². The summed E-state index contributed by atoms with van der Waals surface area (Å²) in [5.41, 5.74) is 0. The number of esters is 3. The normalized spacial score (nSPS) is 12.7. The fourth-order valence-electron chi connectivity index (χ4n) is 7.62. The summed E-state index contributed by atoms with van der Waals surface area (Å²) >= 11 is 0. The average molecular weight is 933 g/mol. The Kier molecular flexibility index (Phi) is 52.4. The van der Waals surface area contributed by atoms with Gasteiger partial charge in [-0.3, -0.25) is 14.4 Å². The van der Waals surface area contributed by atoms with Crippen molar-refractivity contribution in [3.05, 3.63) is 85.1 Å². The summed E-state index contributed by atoms with van der Waals surface area (Å²) in [7, 11) is 0. The summed E-state index contributed by atoms with van der Waals surface area (Å²) in [5, 5.41) is 0. The van der Waals surface area contributed by atoms with Crippen molar-refractivity contribution < 1.29 is 28.6 Å². The van der Waals surface area contributed by atoms with Gasteiger partial charge in [-0.05, 0) is 96.3 Å². The molecule has 0 saturated carbocycles. The van der Waals surface area contributed by atoms with E-state index >= 15 is 0 Å². The highest BCUT2D eigenvalue weighted by molar-refractivity contribution is 5.71. The van der Waals surface area contributed by atoms with Crippen LogP contribution < -0.4 is 0 Å². The lowest BCUT2D eigenvalue weighted by molar-refractivity contribution is -0.167. The molecule has 0 amide bonds. The van der Waals surface area contributed by atoms with E-state index in [1.54, 1.807) is 0 Å². The molecule has 0 heterocycles. The smallest absolute Gasteiger partial charge is 0.306 e. The summed E-state index contributed by atoms with van der Waals surface area (Å²) < 4.78 is 16.8. The number of hydrogen-bond donors (Lipinski definition) is 0. The molecule has 0 saturated heterocycles. The lowest BCUT2D eigenvalue weighted by atomic mass is 10.0. The van der Waals surface area contributed by atoms with Crippen LogP contribution in [0, 0.1) is 0 Å². The Morgan fingerprint density at radius 3 is 0.925 bits per heavy atom. The Morgan fingerprint density at radius 2 is 0.552 bits per heavy atom. The first kappa shape index (κ1) is 63.6. The average Bonchev–Trinajstić information content (AvgIpc) is 3.33. The van der Waals surface area contributed by atoms with Crippen LogP contribution in [0.1, 0.15) is 265 Å². The molecule has 6 nitrogen and oxygen atoms in total. The molecule has 67 heavy (non-hydrogen) atoms. The molecule has 1 atom stereocenters. The minimum atomic E-state index is -0.815. The van der Waals surface area contributed by atoms with Gasteiger partial charge in [-0.25, -0.2) is 0 Å². The van der Waals surface area contributed by atoms with Gasteiger partial charge in [0.2, 0.25) is 0 Å². The molecule has 0 aromatic heterocycles. The maximum absolute atomic E-state index is 12.8. The lowest BCUT2D eigenvalue weighted by Gasteiger charge is -2.18. The van der Waals surface area contributed by atoms with E-state index in [2.05, 4.69) is 106 Å². The van der Waals surface area contributed by atoms with Crippen LogP contribution in [-0.4, -0.2) is 37.2 Å². The van der Waals surface area contributed by atoms with Gasteiger partial charge in [0.05, 0.1) is 0 Å². The third kappa shape index (κ3) is 53.4. The van der Waals surface area contributed by atoms with Crippen molar-refractivity contribution in [3.63, 3.8) is 0 Å². The summed E-state index contributed by atoms with van der Waals surface area (Å²) in [5.74, 6) is -0.986. The maximum atomic E-state index is 12.8. The van der Waals surface area contributed by atoms with Gasteiger partial charge in [-0.2, -0.15) is 0 Å². The summed E-state index contributed by atoms with van der Waals surface area (Å²) in [6.07, 6.45) is 71.4. The largest absolute Gasteiger partial charge is 0.462 e. The standard InChI is InChI=1S/C61H104O6/c1-4-7-10-13-16-19-22-25-27-29-30-32-33-36-39-42-45-48-51-54-60(63)66-57-58(56-65-59(62)53-50-47-44-41-38-35-24-21-18-15-12-9-6-3)67-61(64)55-52-49-46-43-40-37-34-31-28-26-23-20-17-14-11-8-5-2/h16,19,25-28,30,32,34,36-37,39,43,46,58H,4-15,17-18,20-24,29,31,33,35,38,40-42,44-45,47-57H2,1-3H3/b19-16-,27-25-,28-26-,32-30-,37-34-,39-36-,46-43-/t58-/m0/s1. The van der Waals surface area contributed by atoms with E-state index in [4.69, 9.17) is 14.2 Å². The van der Waals surface area contributed by atoms with Gasteiger partial charge in [0.1, 0.15) is 13.2 Å². The third-order valence-electron chi connectivity index (χ3n) is 11.9. The Balaban J connectivity index is 4.51. The quantitative estimate of drug-likeness (QED) is 0.0262. The maximum Gasteiger partial charge on any atom is 0.306 e. The minimum Gasteiger partial charge on any atom is -0.462 e. The van der Waals surface area contributed by atoms with Crippen LogP contribution in [0.15, 0.2) is 85.1 Å². The van der Waals surface area contributed by atoms with Gasteiger partial charge in [0, 0.05) is 19.3 Å². The van der Waals surface area contributed by atoms with Crippen molar-refractivity contribution in [2.75, 3.05) is 13.2 Å². The van der Waals surface area contributed by atoms with Crippen LogP contribution in [-0.2, 0) is 28.6 Å². The highest BCUT2D eigenvalue weighted by atomic mass is 16.6. The fraction of sp³-hybridized carbons (Fsp3) is 0.721. The summed E-state index contributed by atoms with van der Waals surface area (Å²) in [6.45, 7) is 6.54. The summed E-state index contributed by atoms with van der Waals surface area (Å²) in [4.78, 5) is 38.1. The number of unbranched alkanes of at least 4 members (excludes halogenated alkanes) is 25. The van der Waals surface area contributed by atoms with Crippen LogP contribution in [0.2, 0.25) is 0 Å². The van der Waals surface area contributed by atoms with E-state index in [0.29, 0.717) is 19.3 Å². The van der Waals surface area contributed by atoms with Crippen molar-refractivity contribution in [2.24, 2.45) is 0 Å². The molecule has 0 aromatic carbocycles. The minimum absolute atomic E-state index is 0.105. The van der Waals surface area contributed by atoms with Crippen LogP contribution in [0.25, 0.3) is 0 Å². The van der Waals surface area contributed by atoms with Crippen LogP contribution in [0.5, 0.6) is 0 Å². The SMILES string of the molecule is CCCCC/C=C\C/C=C\C/C=C\C/C=C\CCCCCC(=O)OC[C@H](COC(=O)CCCCCCCCCCCCCCC)OC(=O)CCC/C=C\C/C=C\C/C=C\CCCCCCCC. The highest BCUT2D eigenvalue weighted by Gasteiger charge is 2.19. The number of carbonyl (C=O) groups is 3. The molecule has 0 aliphatic rings. The van der Waals surface area contributed by atoms with Crippen molar-refractivity contribution in [1.29, 1.82) is 0 Å². The fourth-order valence-corrected chi connectivity index (χ4v) is 7.62. The zero-order valence-electron chi connectivity index (χ0n) is 43.9. The molecular weight excluding hydrogens is 829 g/mol. The molecule has 0 fully saturated rings. The highest BCUT2D eigenvalue weighted by Crippen LogP contribution is 2.14. The Bertz CT molecular complexity index is 1300. The Hall–Kier alpha value is -3.41. The third-order valence-corrected chi connectivity index (χ3v) is 11.9. The molecule has 0 aromatic rings. The molecule has 384 valence electrons. The van der Waals surface area contributed by atoms with Crippen LogP contribution in [0.3, 0.4) is 0 Å². The zero-order valence-corrected chi connectivity index (χ0v) is 43.9. The molecule has 6 heteroatoms. The molecule has 0 unspecified atom stereocenters. The first-order chi connectivity index (χ1) is 33.0. The van der Waals surface area contributed by atoms with Gasteiger partial charge in [-0.15, -0.1) is 0 Å². The van der Waals surface area contributed by atoms with Gasteiger partial charge in [0.25, 0.3) is 0 Å². The Labute approximate surface area is 414 Å². The number of rotatable bonds is 50. The predicted molar refractivity (Wildman–Crippen MR) is 288 cm³/mol. The van der Waals surface area contributed by atoms with Crippen LogP contribution >= 0.6 is 0 Å². The molecular formula is C61H104O6. The first-order valence-electron chi connectivity index (χ1n) is 28.1. The van der Waals surface area contributed by atoms with Crippen LogP contribution in [0.4, 0.5) is 0 Å². The van der Waals surface area contributed by atoms with Gasteiger partial charge >= 0.3 is 17.9 Å². The number of allylic oxidation sites excluding steroid dienone is 14. The van der Waals surface area contributed by atoms with Crippen molar-refractivity contribution in [1.82, 2.24) is 0 Å². The molecule has 0 bridgehead atoms. The predicted octanol–water partition coefficient (Wildman–Crippen LogP) is 18.8. The lowest BCUT2D eigenvalue weighted by Crippen LogP contribution is -2.30. The number of ether oxygens (including phenoxy) is 3. The van der Waals surface area contributed by atoms with E-state index in [9.17, 15) is 14.4 Å². The monoisotopic (exact) mass is 933 g/mol. The van der Waals surface area contributed by atoms with Crippen molar-refractivity contribution >= 4 is 17.9 Å². The number of carbonyl (C=O) groups excluding carboxylic acids is 3. The van der Waals surface area contributed by atoms with E-state index in [0.717, 1.165) is 83.5 Å². The zero-order chi connectivity index (χ0) is 48.6. The molecule has 0 aliphatic heterocycles. The molecule has 0 N–H and O–H groups in total. The van der Waals surface area contributed by atoms with E-state index < -0.39 is 6.10 Å². The number of hydrogen-bond acceptors (Lipinski definition) is 6. The van der Waals surface area contributed by atoms with Gasteiger partial charge in [0.15, 0.2) is 6.10 Å². The second-order valence-electron chi connectivity index (χ2n) is 18.5. The molecule has 0 rings (SSSR count). The topological polar surface area (TPSA) is 78.9 Å². The second-order valence-corrected chi connectivity index (χ2v) is 18.5. The van der Waals surface area contributed by atoms with Gasteiger partial charge < -0.3 is 14.2 Å². The van der Waals surface area contributed by atoms with E-state index in [1.807, 2.05) is 0 Å². The van der Waals surface area contributed by atoms with Gasteiger partial charge in [-0.1, -0.05) is 234 Å². The summed E-state index contributed by atoms with van der Waals surface area (Å²) in [6, 6.07) is 0.